The summed E-state index contributed by atoms with van der Waals surface area (Å²) in [6.07, 6.45) is 5.18. The van der Waals surface area contributed by atoms with Crippen LogP contribution in [0.1, 0.15) is 50.2 Å². The van der Waals surface area contributed by atoms with Gasteiger partial charge in [-0.2, -0.15) is 0 Å². The molecule has 2 aromatic carbocycles. The van der Waals surface area contributed by atoms with Gasteiger partial charge in [-0.15, -0.1) is 0 Å². The van der Waals surface area contributed by atoms with E-state index in [1.165, 1.54) is 17.4 Å². The number of nitrogens with one attached hydrogen (secondary N) is 1. The summed E-state index contributed by atoms with van der Waals surface area (Å²) in [6, 6.07) is 15.2. The molecule has 0 radical (unpaired) electrons. The topological polar surface area (TPSA) is 92.6 Å². The molecule has 1 saturated carbocycles. The van der Waals surface area contributed by atoms with E-state index in [2.05, 4.69) is 5.32 Å². The van der Waals surface area contributed by atoms with Crippen LogP contribution in [0.15, 0.2) is 54.6 Å². The standard InChI is InChI=1S/C24H29N3O4/c1-18(24(29)25-21-13-6-3-7-14-21)26(17-19-10-4-2-5-11-19)23(28)16-20-12-8-9-15-22(20)27(30)31/h2,4-5,8-12,15,18,21H,3,6-7,13-14,16-17H2,1H3,(H,25,29)/t18-/m0/s1. The van der Waals surface area contributed by atoms with E-state index in [1.807, 2.05) is 30.3 Å². The number of rotatable bonds is 8. The van der Waals surface area contributed by atoms with Gasteiger partial charge < -0.3 is 10.2 Å². The van der Waals surface area contributed by atoms with Crippen LogP contribution < -0.4 is 5.32 Å². The summed E-state index contributed by atoms with van der Waals surface area (Å²) in [5, 5.41) is 14.4. The number of hydrogen-bond acceptors (Lipinski definition) is 4. The molecule has 1 N–H and O–H groups in total. The molecule has 2 amide bonds. The summed E-state index contributed by atoms with van der Waals surface area (Å²) in [7, 11) is 0. The molecule has 0 spiro atoms. The van der Waals surface area contributed by atoms with Gasteiger partial charge >= 0.3 is 0 Å². The molecule has 0 aromatic heterocycles. The second kappa shape index (κ2) is 10.7. The van der Waals surface area contributed by atoms with Gasteiger partial charge in [-0.1, -0.05) is 67.8 Å². The van der Waals surface area contributed by atoms with Crippen molar-refractivity contribution in [3.63, 3.8) is 0 Å². The van der Waals surface area contributed by atoms with Crippen LogP contribution in [0, 0.1) is 10.1 Å². The maximum Gasteiger partial charge on any atom is 0.273 e. The quantitative estimate of drug-likeness (QED) is 0.513. The largest absolute Gasteiger partial charge is 0.352 e. The summed E-state index contributed by atoms with van der Waals surface area (Å²) in [5.74, 6) is -0.497. The molecular formula is C24H29N3O4. The summed E-state index contributed by atoms with van der Waals surface area (Å²) in [6.45, 7) is 1.98. The number of nitro benzene ring substituents is 1. The van der Waals surface area contributed by atoms with E-state index >= 15 is 0 Å². The molecule has 0 unspecified atom stereocenters. The van der Waals surface area contributed by atoms with Crippen molar-refractivity contribution in [2.75, 3.05) is 0 Å². The van der Waals surface area contributed by atoms with Gasteiger partial charge in [0.25, 0.3) is 5.69 Å². The molecule has 1 atom stereocenters. The fourth-order valence-electron chi connectivity index (χ4n) is 4.03. The third-order valence-electron chi connectivity index (χ3n) is 5.84. The van der Waals surface area contributed by atoms with Crippen molar-refractivity contribution in [3.8, 4) is 0 Å². The zero-order valence-corrected chi connectivity index (χ0v) is 17.8. The highest BCUT2D eigenvalue weighted by atomic mass is 16.6. The van der Waals surface area contributed by atoms with Crippen LogP contribution in [0.3, 0.4) is 0 Å². The number of carbonyl (C=O) groups excluding carboxylic acids is 2. The Hall–Kier alpha value is -3.22. The third kappa shape index (κ3) is 6.13. The maximum atomic E-state index is 13.3. The number of nitrogens with zero attached hydrogens (tertiary/aromatic N) is 2. The molecule has 31 heavy (non-hydrogen) atoms. The van der Waals surface area contributed by atoms with E-state index in [1.54, 1.807) is 25.1 Å². The Morgan fingerprint density at radius 2 is 1.71 bits per heavy atom. The lowest BCUT2D eigenvalue weighted by molar-refractivity contribution is -0.385. The molecule has 7 nitrogen and oxygen atoms in total. The molecule has 0 aliphatic heterocycles. The fourth-order valence-corrected chi connectivity index (χ4v) is 4.03. The normalized spacial score (nSPS) is 15.1. The Morgan fingerprint density at radius 3 is 2.39 bits per heavy atom. The average Bonchev–Trinajstić information content (AvgIpc) is 2.78. The SMILES string of the molecule is C[C@@H](C(=O)NC1CCCCC1)N(Cc1ccccc1)C(=O)Cc1ccccc1[N+](=O)[O-]. The van der Waals surface area contributed by atoms with Gasteiger partial charge in [-0.3, -0.25) is 19.7 Å². The van der Waals surface area contributed by atoms with Crippen LogP contribution in [-0.4, -0.2) is 33.7 Å². The van der Waals surface area contributed by atoms with E-state index in [0.29, 0.717) is 5.56 Å². The van der Waals surface area contributed by atoms with Gasteiger partial charge in [0, 0.05) is 24.2 Å². The van der Waals surface area contributed by atoms with Crippen LogP contribution in [0.2, 0.25) is 0 Å². The number of amides is 2. The Bertz CT molecular complexity index is 910. The van der Waals surface area contributed by atoms with Crippen molar-refractivity contribution in [2.45, 2.75) is 64.1 Å². The molecule has 164 valence electrons. The Balaban J connectivity index is 1.79. The van der Waals surface area contributed by atoms with Crippen molar-refractivity contribution in [1.82, 2.24) is 10.2 Å². The number of hydrogen-bond donors (Lipinski definition) is 1. The zero-order valence-electron chi connectivity index (χ0n) is 17.8. The highest BCUT2D eigenvalue weighted by Gasteiger charge is 2.29. The zero-order chi connectivity index (χ0) is 22.2. The lowest BCUT2D eigenvalue weighted by Gasteiger charge is -2.31. The highest BCUT2D eigenvalue weighted by molar-refractivity contribution is 5.88. The summed E-state index contributed by atoms with van der Waals surface area (Å²) in [4.78, 5) is 38.6. The number of nitro groups is 1. The van der Waals surface area contributed by atoms with Gasteiger partial charge in [0.2, 0.25) is 11.8 Å². The van der Waals surface area contributed by atoms with Crippen LogP contribution in [0.5, 0.6) is 0 Å². The average molecular weight is 424 g/mol. The van der Waals surface area contributed by atoms with Gasteiger partial charge in [0.15, 0.2) is 0 Å². The summed E-state index contributed by atoms with van der Waals surface area (Å²) < 4.78 is 0. The van der Waals surface area contributed by atoms with Crippen molar-refractivity contribution >= 4 is 17.5 Å². The second-order valence-corrected chi connectivity index (χ2v) is 8.09. The van der Waals surface area contributed by atoms with Gasteiger partial charge in [0.05, 0.1) is 11.3 Å². The number of carbonyl (C=O) groups is 2. The minimum atomic E-state index is -0.683. The highest BCUT2D eigenvalue weighted by Crippen LogP contribution is 2.21. The van der Waals surface area contributed by atoms with Crippen LogP contribution in [0.25, 0.3) is 0 Å². The molecule has 1 aliphatic rings. The lowest BCUT2D eigenvalue weighted by atomic mass is 9.95. The molecule has 0 saturated heterocycles. The van der Waals surface area contributed by atoms with Crippen molar-refractivity contribution in [1.29, 1.82) is 0 Å². The Kier molecular flexibility index (Phi) is 7.76. The number of benzene rings is 2. The molecule has 3 rings (SSSR count). The smallest absolute Gasteiger partial charge is 0.273 e. The van der Waals surface area contributed by atoms with Crippen LogP contribution in [-0.2, 0) is 22.6 Å². The Labute approximate surface area is 182 Å². The summed E-state index contributed by atoms with van der Waals surface area (Å²) in [5.41, 5.74) is 1.15. The first-order valence-electron chi connectivity index (χ1n) is 10.8. The predicted molar refractivity (Wildman–Crippen MR) is 118 cm³/mol. The molecule has 1 aliphatic carbocycles. The molecular weight excluding hydrogens is 394 g/mol. The van der Waals surface area contributed by atoms with Crippen LogP contribution >= 0.6 is 0 Å². The third-order valence-corrected chi connectivity index (χ3v) is 5.84. The first-order valence-corrected chi connectivity index (χ1v) is 10.8. The van der Waals surface area contributed by atoms with Crippen molar-refractivity contribution in [2.24, 2.45) is 0 Å². The van der Waals surface area contributed by atoms with Crippen molar-refractivity contribution in [3.05, 3.63) is 75.8 Å². The lowest BCUT2D eigenvalue weighted by Crippen LogP contribution is -2.50. The molecule has 1 fully saturated rings. The minimum Gasteiger partial charge on any atom is -0.352 e. The maximum absolute atomic E-state index is 13.3. The predicted octanol–water partition coefficient (Wildman–Crippen LogP) is 4.00. The van der Waals surface area contributed by atoms with Gasteiger partial charge in [0.1, 0.15) is 6.04 Å². The fraction of sp³-hybridized carbons (Fsp3) is 0.417. The Morgan fingerprint density at radius 1 is 1.06 bits per heavy atom. The number of para-hydroxylation sites is 1. The van der Waals surface area contributed by atoms with E-state index in [0.717, 1.165) is 31.2 Å². The van der Waals surface area contributed by atoms with E-state index in [-0.39, 0.29) is 36.5 Å². The molecule has 0 bridgehead atoms. The summed E-state index contributed by atoms with van der Waals surface area (Å²) >= 11 is 0. The van der Waals surface area contributed by atoms with E-state index in [4.69, 9.17) is 0 Å². The van der Waals surface area contributed by atoms with Gasteiger partial charge in [-0.05, 0) is 25.3 Å². The monoisotopic (exact) mass is 423 g/mol. The van der Waals surface area contributed by atoms with Crippen LogP contribution in [0.4, 0.5) is 5.69 Å². The minimum absolute atomic E-state index is 0.0881. The molecule has 2 aromatic rings. The van der Waals surface area contributed by atoms with Gasteiger partial charge in [-0.25, -0.2) is 0 Å². The first kappa shape index (κ1) is 22.5. The molecule has 0 heterocycles. The van der Waals surface area contributed by atoms with E-state index < -0.39 is 11.0 Å². The first-order chi connectivity index (χ1) is 15.0. The van der Waals surface area contributed by atoms with E-state index in [9.17, 15) is 19.7 Å². The van der Waals surface area contributed by atoms with Crippen molar-refractivity contribution < 1.29 is 14.5 Å². The second-order valence-electron chi connectivity index (χ2n) is 8.09. The molecule has 7 heteroatoms.